The van der Waals surface area contributed by atoms with E-state index in [-0.39, 0.29) is 0 Å². The maximum atomic E-state index is 4.07. The molecule has 0 amide bonds. The van der Waals surface area contributed by atoms with Crippen LogP contribution in [0, 0.1) is 20.8 Å². The molecule has 2 aromatic carbocycles. The van der Waals surface area contributed by atoms with Crippen molar-refractivity contribution in [2.24, 2.45) is 0 Å². The molecule has 0 radical (unpaired) electrons. The smallest absolute Gasteiger partial charge is 0.0730 e. The van der Waals surface area contributed by atoms with E-state index in [0.29, 0.717) is 0 Å². The van der Waals surface area contributed by atoms with Crippen LogP contribution >= 0.6 is 0 Å². The fourth-order valence-electron chi connectivity index (χ4n) is 4.82. The molecule has 4 rings (SSSR count). The van der Waals surface area contributed by atoms with Crippen LogP contribution in [-0.2, 0) is 13.0 Å². The molecule has 2 nitrogen and oxygen atoms in total. The van der Waals surface area contributed by atoms with Crippen molar-refractivity contribution in [1.29, 1.82) is 0 Å². The summed E-state index contributed by atoms with van der Waals surface area (Å²) in [5.74, 6) is 0. The first-order valence-corrected chi connectivity index (χ1v) is 10.6. The Balaban J connectivity index is 2.05. The molecule has 2 heterocycles. The highest BCUT2D eigenvalue weighted by molar-refractivity contribution is 6.06. The predicted octanol–water partition coefficient (Wildman–Crippen LogP) is 6.58. The highest BCUT2D eigenvalue weighted by Crippen LogP contribution is 2.44. The Hall–Kier alpha value is -2.48. The van der Waals surface area contributed by atoms with Crippen LogP contribution in [0.4, 0.5) is 5.69 Å². The predicted molar refractivity (Wildman–Crippen MR) is 123 cm³/mol. The van der Waals surface area contributed by atoms with Crippen LogP contribution in [0.2, 0.25) is 0 Å². The van der Waals surface area contributed by atoms with Crippen molar-refractivity contribution in [2.75, 3.05) is 18.0 Å². The van der Waals surface area contributed by atoms with E-state index in [1.54, 1.807) is 0 Å². The highest BCUT2D eigenvalue weighted by Gasteiger charge is 2.27. The summed E-state index contributed by atoms with van der Waals surface area (Å²) < 4.78 is 2.54. The summed E-state index contributed by atoms with van der Waals surface area (Å²) in [7, 11) is 0. The number of aryl methyl sites for hydroxylation is 2. The molecule has 1 aliphatic heterocycles. The average molecular weight is 373 g/mol. The average Bonchev–Trinajstić information content (AvgIpc) is 3.02. The van der Waals surface area contributed by atoms with Gasteiger partial charge in [-0.2, -0.15) is 0 Å². The molecule has 0 unspecified atom stereocenters. The zero-order chi connectivity index (χ0) is 19.8. The Labute approximate surface area is 169 Å². The second kappa shape index (κ2) is 7.50. The summed E-state index contributed by atoms with van der Waals surface area (Å²) in [6.07, 6.45) is 5.45. The summed E-state index contributed by atoms with van der Waals surface area (Å²) in [5, 5.41) is 1.40. The molecule has 0 fully saturated rings. The Morgan fingerprint density at radius 2 is 1.82 bits per heavy atom. The molecule has 3 aromatic rings. The van der Waals surface area contributed by atoms with Crippen molar-refractivity contribution in [3.8, 4) is 11.1 Å². The molecule has 0 aliphatic carbocycles. The lowest BCUT2D eigenvalue weighted by molar-refractivity contribution is 0.620. The Morgan fingerprint density at radius 1 is 1.07 bits per heavy atom. The number of nitrogens with zero attached hydrogens (tertiary/aromatic N) is 2. The van der Waals surface area contributed by atoms with Crippen molar-refractivity contribution in [1.82, 2.24) is 4.57 Å². The summed E-state index contributed by atoms with van der Waals surface area (Å²) in [6, 6.07) is 11.4. The lowest BCUT2D eigenvalue weighted by Crippen LogP contribution is -2.33. The quantitative estimate of drug-likeness (QED) is 0.444. The largest absolute Gasteiger partial charge is 0.368 e. The molecule has 1 aliphatic rings. The van der Waals surface area contributed by atoms with Gasteiger partial charge in [-0.25, -0.2) is 0 Å². The van der Waals surface area contributed by atoms with Crippen LogP contribution in [0.15, 0.2) is 43.0 Å². The second-order valence-corrected chi connectivity index (χ2v) is 8.23. The van der Waals surface area contributed by atoms with E-state index in [2.05, 4.69) is 80.1 Å². The lowest BCUT2D eigenvalue weighted by atomic mass is 9.88. The van der Waals surface area contributed by atoms with E-state index in [0.717, 1.165) is 26.1 Å². The van der Waals surface area contributed by atoms with E-state index in [1.165, 1.54) is 62.9 Å². The van der Waals surface area contributed by atoms with Crippen molar-refractivity contribution in [3.05, 3.63) is 65.4 Å². The second-order valence-electron chi connectivity index (χ2n) is 8.23. The van der Waals surface area contributed by atoms with E-state index in [1.807, 2.05) is 0 Å². The first-order valence-electron chi connectivity index (χ1n) is 10.6. The van der Waals surface area contributed by atoms with Gasteiger partial charge in [0.25, 0.3) is 0 Å². The fraction of sp³-hybridized carbons (Fsp3) is 0.385. The van der Waals surface area contributed by atoms with Gasteiger partial charge in [-0.15, -0.1) is 6.58 Å². The first-order chi connectivity index (χ1) is 13.6. The van der Waals surface area contributed by atoms with E-state index >= 15 is 0 Å². The number of anilines is 1. The lowest BCUT2D eigenvalue weighted by Gasteiger charge is -2.34. The number of aromatic nitrogens is 1. The van der Waals surface area contributed by atoms with Crippen LogP contribution in [-0.4, -0.2) is 17.7 Å². The molecule has 0 atom stereocenters. The van der Waals surface area contributed by atoms with Gasteiger partial charge in [0.15, 0.2) is 0 Å². The monoisotopic (exact) mass is 372 g/mol. The van der Waals surface area contributed by atoms with Crippen LogP contribution in [0.5, 0.6) is 0 Å². The normalized spacial score (nSPS) is 13.4. The van der Waals surface area contributed by atoms with Crippen LogP contribution in [0.1, 0.15) is 42.1 Å². The number of hydrogen-bond acceptors (Lipinski definition) is 1. The summed E-state index contributed by atoms with van der Waals surface area (Å²) in [4.78, 5) is 2.63. The number of benzene rings is 2. The summed E-state index contributed by atoms with van der Waals surface area (Å²) in [6.45, 7) is 16.4. The molecule has 28 heavy (non-hydrogen) atoms. The van der Waals surface area contributed by atoms with Gasteiger partial charge < -0.3 is 9.47 Å². The van der Waals surface area contributed by atoms with Gasteiger partial charge in [0.05, 0.1) is 11.2 Å². The van der Waals surface area contributed by atoms with Crippen molar-refractivity contribution in [2.45, 2.75) is 53.5 Å². The van der Waals surface area contributed by atoms with Gasteiger partial charge in [0, 0.05) is 30.7 Å². The van der Waals surface area contributed by atoms with Gasteiger partial charge in [-0.05, 0) is 61.9 Å². The third kappa shape index (κ3) is 2.96. The van der Waals surface area contributed by atoms with Crippen molar-refractivity contribution < 1.29 is 0 Å². The Bertz CT molecular complexity index is 1020. The highest BCUT2D eigenvalue weighted by atomic mass is 15.2. The zero-order valence-corrected chi connectivity index (χ0v) is 17.8. The number of hydrogen-bond donors (Lipinski definition) is 0. The third-order valence-electron chi connectivity index (χ3n) is 6.29. The van der Waals surface area contributed by atoms with Gasteiger partial charge in [0.2, 0.25) is 0 Å². The summed E-state index contributed by atoms with van der Waals surface area (Å²) >= 11 is 0. The zero-order valence-electron chi connectivity index (χ0n) is 17.8. The Kier molecular flexibility index (Phi) is 5.05. The summed E-state index contributed by atoms with van der Waals surface area (Å²) in [5.41, 5.74) is 11.1. The molecule has 0 saturated heterocycles. The van der Waals surface area contributed by atoms with E-state index in [4.69, 9.17) is 0 Å². The molecule has 0 spiro atoms. The minimum atomic E-state index is 0.907. The van der Waals surface area contributed by atoms with Gasteiger partial charge >= 0.3 is 0 Å². The topological polar surface area (TPSA) is 8.17 Å². The van der Waals surface area contributed by atoms with Crippen molar-refractivity contribution in [3.63, 3.8) is 0 Å². The first kappa shape index (κ1) is 18.9. The molecule has 2 heteroatoms. The van der Waals surface area contributed by atoms with Gasteiger partial charge in [-0.1, -0.05) is 49.2 Å². The standard InChI is InChI=1S/C26H32N2/c1-6-8-14-27-15-16-28-19(4)17-23-24(21-12-10-18(3)11-13-21)22(9-7-2)20(5)25(27)26(23)28/h7,10-13,17H,2,6,8-9,14-16H2,1,3-5H3. The molecule has 0 N–H and O–H groups in total. The molecular weight excluding hydrogens is 340 g/mol. The number of rotatable bonds is 6. The number of unbranched alkanes of at least 4 members (excludes halogenated alkanes) is 1. The van der Waals surface area contributed by atoms with Crippen LogP contribution in [0.3, 0.4) is 0 Å². The maximum absolute atomic E-state index is 4.07. The fourth-order valence-corrected chi connectivity index (χ4v) is 4.82. The third-order valence-corrected chi connectivity index (χ3v) is 6.29. The molecule has 1 aromatic heterocycles. The molecule has 146 valence electrons. The number of allylic oxidation sites excluding steroid dienone is 1. The van der Waals surface area contributed by atoms with E-state index in [9.17, 15) is 0 Å². The van der Waals surface area contributed by atoms with Crippen molar-refractivity contribution >= 4 is 16.6 Å². The van der Waals surface area contributed by atoms with Crippen LogP contribution < -0.4 is 4.90 Å². The minimum absolute atomic E-state index is 0.907. The molecule has 0 saturated carbocycles. The van der Waals surface area contributed by atoms with E-state index < -0.39 is 0 Å². The SMILES string of the molecule is C=CCc1c(C)c2c3c(cc(C)n3CCN2CCCC)c1-c1ccc(C)cc1. The van der Waals surface area contributed by atoms with Crippen LogP contribution in [0.25, 0.3) is 22.0 Å². The molecular formula is C26H32N2. The minimum Gasteiger partial charge on any atom is -0.368 e. The molecule has 0 bridgehead atoms. The van der Waals surface area contributed by atoms with Gasteiger partial charge in [-0.3, -0.25) is 0 Å². The Morgan fingerprint density at radius 3 is 2.50 bits per heavy atom. The maximum Gasteiger partial charge on any atom is 0.0730 e. The van der Waals surface area contributed by atoms with Gasteiger partial charge in [0.1, 0.15) is 0 Å².